The van der Waals surface area contributed by atoms with Crippen molar-refractivity contribution >= 4 is 15.9 Å². The van der Waals surface area contributed by atoms with E-state index < -0.39 is 16.1 Å². The number of amides is 1. The number of hydrogen-bond acceptors (Lipinski definition) is 4. The third-order valence-corrected chi connectivity index (χ3v) is 4.13. The van der Waals surface area contributed by atoms with E-state index in [1.54, 1.807) is 6.92 Å². The van der Waals surface area contributed by atoms with Gasteiger partial charge in [0, 0.05) is 13.2 Å². The van der Waals surface area contributed by atoms with Crippen molar-refractivity contribution in [2.75, 3.05) is 18.9 Å². The predicted molar refractivity (Wildman–Crippen MR) is 70.6 cm³/mol. The summed E-state index contributed by atoms with van der Waals surface area (Å²) in [4.78, 5) is 11.6. The van der Waals surface area contributed by atoms with Crippen LogP contribution in [0.1, 0.15) is 33.6 Å². The lowest BCUT2D eigenvalue weighted by Gasteiger charge is -2.16. The molecule has 2 unspecified atom stereocenters. The maximum atomic E-state index is 11.6. The van der Waals surface area contributed by atoms with E-state index >= 15 is 0 Å². The van der Waals surface area contributed by atoms with E-state index in [-0.39, 0.29) is 24.2 Å². The minimum Gasteiger partial charge on any atom is -0.396 e. The Kier molecular flexibility index (Phi) is 8.13. The maximum Gasteiger partial charge on any atom is 0.237 e. The van der Waals surface area contributed by atoms with Crippen molar-refractivity contribution < 1.29 is 18.3 Å². The SMILES string of the molecule is CCCS(=O)(=O)NC(C)C(=O)NCC(C)CCO. The topological polar surface area (TPSA) is 95.5 Å². The minimum atomic E-state index is -3.38. The molecule has 108 valence electrons. The fraction of sp³-hybridized carbons (Fsp3) is 0.909. The number of hydrogen-bond donors (Lipinski definition) is 3. The third-order valence-electron chi connectivity index (χ3n) is 2.47. The zero-order valence-electron chi connectivity index (χ0n) is 11.3. The van der Waals surface area contributed by atoms with E-state index in [2.05, 4.69) is 10.0 Å². The van der Waals surface area contributed by atoms with Crippen LogP contribution >= 0.6 is 0 Å². The summed E-state index contributed by atoms with van der Waals surface area (Å²) in [5, 5.41) is 11.4. The van der Waals surface area contributed by atoms with Crippen molar-refractivity contribution in [3.8, 4) is 0 Å². The van der Waals surface area contributed by atoms with Gasteiger partial charge in [-0.25, -0.2) is 13.1 Å². The smallest absolute Gasteiger partial charge is 0.237 e. The van der Waals surface area contributed by atoms with Crippen LogP contribution in [0.4, 0.5) is 0 Å². The van der Waals surface area contributed by atoms with Gasteiger partial charge in [-0.15, -0.1) is 0 Å². The van der Waals surface area contributed by atoms with E-state index in [0.29, 0.717) is 19.4 Å². The van der Waals surface area contributed by atoms with Gasteiger partial charge in [0.1, 0.15) is 0 Å². The number of carbonyl (C=O) groups excluding carboxylic acids is 1. The highest BCUT2D eigenvalue weighted by Crippen LogP contribution is 1.99. The number of aliphatic hydroxyl groups excluding tert-OH is 1. The Morgan fingerprint density at radius 1 is 1.33 bits per heavy atom. The van der Waals surface area contributed by atoms with Gasteiger partial charge in [0.15, 0.2) is 0 Å². The summed E-state index contributed by atoms with van der Waals surface area (Å²) >= 11 is 0. The Morgan fingerprint density at radius 3 is 2.44 bits per heavy atom. The van der Waals surface area contributed by atoms with Gasteiger partial charge in [-0.1, -0.05) is 13.8 Å². The number of sulfonamides is 1. The van der Waals surface area contributed by atoms with E-state index in [9.17, 15) is 13.2 Å². The molecular formula is C11H24N2O4S. The molecule has 6 nitrogen and oxygen atoms in total. The fourth-order valence-corrected chi connectivity index (χ4v) is 2.70. The first-order valence-corrected chi connectivity index (χ1v) is 7.86. The largest absolute Gasteiger partial charge is 0.396 e. The number of rotatable bonds is 9. The van der Waals surface area contributed by atoms with Gasteiger partial charge in [-0.3, -0.25) is 4.79 Å². The second-order valence-corrected chi connectivity index (χ2v) is 6.39. The molecule has 0 aromatic carbocycles. The molecule has 0 bridgehead atoms. The molecule has 0 aliphatic rings. The molecule has 0 aliphatic carbocycles. The summed E-state index contributed by atoms with van der Waals surface area (Å²) in [5.74, 6) is -0.163. The normalized spacial score (nSPS) is 15.1. The number of carbonyl (C=O) groups is 1. The molecule has 0 rings (SSSR count). The Labute approximate surface area is 109 Å². The summed E-state index contributed by atoms with van der Waals surface area (Å²) in [6, 6.07) is -0.775. The average molecular weight is 280 g/mol. The Balaban J connectivity index is 4.11. The van der Waals surface area contributed by atoms with Gasteiger partial charge in [-0.05, 0) is 25.7 Å². The first kappa shape index (κ1) is 17.3. The van der Waals surface area contributed by atoms with Gasteiger partial charge < -0.3 is 10.4 Å². The Morgan fingerprint density at radius 2 is 1.94 bits per heavy atom. The Hall–Kier alpha value is -0.660. The predicted octanol–water partition coefficient (Wildman–Crippen LogP) is -0.161. The van der Waals surface area contributed by atoms with E-state index in [4.69, 9.17) is 5.11 Å². The van der Waals surface area contributed by atoms with Gasteiger partial charge in [0.25, 0.3) is 0 Å². The molecular weight excluding hydrogens is 256 g/mol. The van der Waals surface area contributed by atoms with Gasteiger partial charge in [-0.2, -0.15) is 0 Å². The Bertz CT molecular complexity index is 343. The van der Waals surface area contributed by atoms with E-state index in [1.807, 2.05) is 6.92 Å². The van der Waals surface area contributed by atoms with Crippen LogP contribution < -0.4 is 10.0 Å². The zero-order valence-corrected chi connectivity index (χ0v) is 12.1. The molecule has 0 heterocycles. The summed E-state index contributed by atoms with van der Waals surface area (Å²) < 4.78 is 25.2. The quantitative estimate of drug-likeness (QED) is 0.547. The van der Waals surface area contributed by atoms with Crippen molar-refractivity contribution in [1.29, 1.82) is 0 Å². The third kappa shape index (κ3) is 7.62. The van der Waals surface area contributed by atoms with Gasteiger partial charge in [0.05, 0.1) is 11.8 Å². The minimum absolute atomic E-state index is 0.0194. The highest BCUT2D eigenvalue weighted by atomic mass is 32.2. The lowest BCUT2D eigenvalue weighted by Crippen LogP contribution is -2.46. The monoisotopic (exact) mass is 280 g/mol. The number of aliphatic hydroxyl groups is 1. The first-order valence-electron chi connectivity index (χ1n) is 6.21. The van der Waals surface area contributed by atoms with Crippen LogP contribution in [0.25, 0.3) is 0 Å². The van der Waals surface area contributed by atoms with Crippen molar-refractivity contribution in [3.05, 3.63) is 0 Å². The standard InChI is InChI=1S/C11H24N2O4S/c1-4-7-18(16,17)13-10(3)11(15)12-8-9(2)5-6-14/h9-10,13-14H,4-8H2,1-3H3,(H,12,15). The van der Waals surface area contributed by atoms with Crippen LogP contribution in [0.5, 0.6) is 0 Å². The average Bonchev–Trinajstić information content (AvgIpc) is 2.25. The molecule has 7 heteroatoms. The summed E-state index contributed by atoms with van der Waals surface area (Å²) in [6.07, 6.45) is 1.12. The van der Waals surface area contributed by atoms with Crippen molar-refractivity contribution in [2.24, 2.45) is 5.92 Å². The second-order valence-electron chi connectivity index (χ2n) is 4.52. The van der Waals surface area contributed by atoms with Crippen LogP contribution in [0.3, 0.4) is 0 Å². The van der Waals surface area contributed by atoms with Crippen LogP contribution in [0.2, 0.25) is 0 Å². The van der Waals surface area contributed by atoms with Crippen LogP contribution in [-0.4, -0.2) is 44.4 Å². The summed E-state index contributed by atoms with van der Waals surface area (Å²) in [5.41, 5.74) is 0. The van der Waals surface area contributed by atoms with E-state index in [1.165, 1.54) is 6.92 Å². The number of nitrogens with one attached hydrogen (secondary N) is 2. The first-order chi connectivity index (χ1) is 8.32. The van der Waals surface area contributed by atoms with Crippen molar-refractivity contribution in [2.45, 2.75) is 39.7 Å². The molecule has 2 atom stereocenters. The molecule has 0 fully saturated rings. The fourth-order valence-electron chi connectivity index (χ4n) is 1.40. The second kappa shape index (κ2) is 8.44. The van der Waals surface area contributed by atoms with Gasteiger partial charge in [0.2, 0.25) is 15.9 Å². The summed E-state index contributed by atoms with van der Waals surface area (Å²) in [7, 11) is -3.38. The molecule has 0 aliphatic heterocycles. The molecule has 0 saturated heterocycles. The van der Waals surface area contributed by atoms with Crippen LogP contribution in [0, 0.1) is 5.92 Å². The van der Waals surface area contributed by atoms with Crippen LogP contribution in [0.15, 0.2) is 0 Å². The molecule has 0 spiro atoms. The molecule has 18 heavy (non-hydrogen) atoms. The molecule has 0 aromatic heterocycles. The molecule has 0 radical (unpaired) electrons. The highest BCUT2D eigenvalue weighted by molar-refractivity contribution is 7.89. The molecule has 3 N–H and O–H groups in total. The highest BCUT2D eigenvalue weighted by Gasteiger charge is 2.19. The molecule has 0 saturated carbocycles. The maximum absolute atomic E-state index is 11.6. The van der Waals surface area contributed by atoms with Gasteiger partial charge >= 0.3 is 0 Å². The molecule has 0 aromatic rings. The van der Waals surface area contributed by atoms with E-state index in [0.717, 1.165) is 0 Å². The van der Waals surface area contributed by atoms with Crippen molar-refractivity contribution in [1.82, 2.24) is 10.0 Å². The lowest BCUT2D eigenvalue weighted by molar-refractivity contribution is -0.122. The van der Waals surface area contributed by atoms with Crippen LogP contribution in [-0.2, 0) is 14.8 Å². The summed E-state index contributed by atoms with van der Waals surface area (Å²) in [6.45, 7) is 5.69. The zero-order chi connectivity index (χ0) is 14.2. The lowest BCUT2D eigenvalue weighted by atomic mass is 10.1. The van der Waals surface area contributed by atoms with Crippen molar-refractivity contribution in [3.63, 3.8) is 0 Å². The molecule has 1 amide bonds.